The summed E-state index contributed by atoms with van der Waals surface area (Å²) in [4.78, 5) is 11.7. The molecule has 2 aromatic carbocycles. The predicted octanol–water partition coefficient (Wildman–Crippen LogP) is 5.05. The number of hydrogen-bond donors (Lipinski definition) is 1. The number of amides is 1. The molecule has 0 saturated heterocycles. The molecule has 0 bridgehead atoms. The maximum absolute atomic E-state index is 11.7. The lowest BCUT2D eigenvalue weighted by Crippen LogP contribution is -2.20. The molecule has 0 aromatic heterocycles. The van der Waals surface area contributed by atoms with E-state index < -0.39 is 0 Å². The van der Waals surface area contributed by atoms with Crippen molar-refractivity contribution in [3.05, 3.63) is 83.9 Å². The fourth-order valence-electron chi connectivity index (χ4n) is 2.62. The summed E-state index contributed by atoms with van der Waals surface area (Å²) < 4.78 is 0. The van der Waals surface area contributed by atoms with Gasteiger partial charge in [-0.2, -0.15) is 0 Å². The van der Waals surface area contributed by atoms with Gasteiger partial charge in [0.15, 0.2) is 0 Å². The van der Waals surface area contributed by atoms with Gasteiger partial charge in [0.1, 0.15) is 0 Å². The fraction of sp³-hybridized carbons (Fsp3) is 0.318. The Labute approximate surface area is 145 Å². The Bertz CT molecular complexity index is 604. The van der Waals surface area contributed by atoms with Gasteiger partial charge in [-0.3, -0.25) is 4.79 Å². The van der Waals surface area contributed by atoms with Crippen molar-refractivity contribution in [1.29, 1.82) is 0 Å². The second-order valence-electron chi connectivity index (χ2n) is 6.04. The molecule has 0 atom stereocenters. The van der Waals surface area contributed by atoms with Crippen molar-refractivity contribution in [2.24, 2.45) is 0 Å². The molecule has 0 aliphatic rings. The molecule has 2 nitrogen and oxygen atoms in total. The number of unbranched alkanes of at least 4 members (excludes halogenated alkanes) is 4. The molecule has 0 spiro atoms. The molecular formula is C22H27NO. The first-order chi connectivity index (χ1) is 11.8. The zero-order chi connectivity index (χ0) is 16.9. The lowest BCUT2D eigenvalue weighted by atomic mass is 10.1. The van der Waals surface area contributed by atoms with E-state index in [2.05, 4.69) is 35.6 Å². The SMILES string of the molecule is O=C(/C=C/CCCCCCc1ccccc1)NCc1ccccc1. The van der Waals surface area contributed by atoms with Gasteiger partial charge in [0.05, 0.1) is 0 Å². The van der Waals surface area contributed by atoms with Crippen molar-refractivity contribution in [2.75, 3.05) is 0 Å². The monoisotopic (exact) mass is 321 g/mol. The van der Waals surface area contributed by atoms with E-state index in [1.807, 2.05) is 36.4 Å². The third-order valence-corrected chi connectivity index (χ3v) is 4.01. The highest BCUT2D eigenvalue weighted by Gasteiger charge is 1.96. The van der Waals surface area contributed by atoms with Gasteiger partial charge in [0.25, 0.3) is 0 Å². The molecule has 0 saturated carbocycles. The van der Waals surface area contributed by atoms with Crippen LogP contribution in [0.25, 0.3) is 0 Å². The third kappa shape index (κ3) is 7.77. The third-order valence-electron chi connectivity index (χ3n) is 4.01. The lowest BCUT2D eigenvalue weighted by Gasteiger charge is -2.02. The van der Waals surface area contributed by atoms with E-state index in [1.54, 1.807) is 6.08 Å². The Morgan fingerprint density at radius 1 is 0.792 bits per heavy atom. The van der Waals surface area contributed by atoms with E-state index in [0.717, 1.165) is 18.4 Å². The second kappa shape index (κ2) is 11.2. The highest BCUT2D eigenvalue weighted by molar-refractivity contribution is 5.87. The summed E-state index contributed by atoms with van der Waals surface area (Å²) in [7, 11) is 0. The first kappa shape index (κ1) is 18.0. The fourth-order valence-corrected chi connectivity index (χ4v) is 2.62. The molecule has 2 aromatic rings. The van der Waals surface area contributed by atoms with Crippen molar-refractivity contribution < 1.29 is 4.79 Å². The van der Waals surface area contributed by atoms with Crippen molar-refractivity contribution in [3.8, 4) is 0 Å². The minimum absolute atomic E-state index is 0.0112. The molecule has 126 valence electrons. The van der Waals surface area contributed by atoms with Crippen molar-refractivity contribution in [1.82, 2.24) is 5.32 Å². The standard InChI is InChI=1S/C22H27NO/c24-22(23-19-21-16-10-6-11-17-21)18-12-4-2-1-3-7-13-20-14-8-5-9-15-20/h5-6,8-12,14-18H,1-4,7,13,19H2,(H,23,24)/b18-12+. The van der Waals surface area contributed by atoms with Crippen LogP contribution < -0.4 is 5.32 Å². The quantitative estimate of drug-likeness (QED) is 0.481. The zero-order valence-electron chi connectivity index (χ0n) is 14.3. The van der Waals surface area contributed by atoms with Crippen LogP contribution >= 0.6 is 0 Å². The normalized spacial score (nSPS) is 10.8. The average molecular weight is 321 g/mol. The molecule has 0 radical (unpaired) electrons. The predicted molar refractivity (Wildman–Crippen MR) is 101 cm³/mol. The summed E-state index contributed by atoms with van der Waals surface area (Å²) in [5.74, 6) is -0.0112. The molecule has 0 aliphatic heterocycles. The second-order valence-corrected chi connectivity index (χ2v) is 6.04. The number of allylic oxidation sites excluding steroid dienone is 1. The van der Waals surface area contributed by atoms with Crippen LogP contribution in [0.4, 0.5) is 0 Å². The molecular weight excluding hydrogens is 294 g/mol. The molecule has 1 amide bonds. The first-order valence-electron chi connectivity index (χ1n) is 8.87. The van der Waals surface area contributed by atoms with E-state index in [9.17, 15) is 4.79 Å². The molecule has 1 N–H and O–H groups in total. The van der Waals surface area contributed by atoms with Crippen LogP contribution in [0.2, 0.25) is 0 Å². The molecule has 24 heavy (non-hydrogen) atoms. The summed E-state index contributed by atoms with van der Waals surface area (Å²) in [5.41, 5.74) is 2.55. The Hall–Kier alpha value is -2.35. The van der Waals surface area contributed by atoms with Crippen LogP contribution in [0.1, 0.15) is 43.2 Å². The van der Waals surface area contributed by atoms with Crippen LogP contribution in [-0.4, -0.2) is 5.91 Å². The molecule has 0 unspecified atom stereocenters. The minimum atomic E-state index is -0.0112. The van der Waals surface area contributed by atoms with E-state index in [-0.39, 0.29) is 5.91 Å². The largest absolute Gasteiger partial charge is 0.348 e. The van der Waals surface area contributed by atoms with Gasteiger partial charge >= 0.3 is 0 Å². The molecule has 0 aliphatic carbocycles. The molecule has 2 heteroatoms. The number of aryl methyl sites for hydroxylation is 1. The van der Waals surface area contributed by atoms with Crippen molar-refractivity contribution in [3.63, 3.8) is 0 Å². The summed E-state index contributed by atoms with van der Waals surface area (Å²) in [6, 6.07) is 20.6. The highest BCUT2D eigenvalue weighted by Crippen LogP contribution is 2.09. The van der Waals surface area contributed by atoms with E-state index >= 15 is 0 Å². The summed E-state index contributed by atoms with van der Waals surface area (Å²) >= 11 is 0. The number of benzene rings is 2. The van der Waals surface area contributed by atoms with Crippen molar-refractivity contribution >= 4 is 5.91 Å². The van der Waals surface area contributed by atoms with Gasteiger partial charge in [0, 0.05) is 6.54 Å². The summed E-state index contributed by atoms with van der Waals surface area (Å²) in [6.45, 7) is 0.587. The summed E-state index contributed by atoms with van der Waals surface area (Å²) in [5, 5.41) is 2.90. The zero-order valence-corrected chi connectivity index (χ0v) is 14.3. The van der Waals surface area contributed by atoms with E-state index in [0.29, 0.717) is 6.54 Å². The van der Waals surface area contributed by atoms with Crippen LogP contribution in [0, 0.1) is 0 Å². The number of rotatable bonds is 10. The van der Waals surface area contributed by atoms with E-state index in [1.165, 1.54) is 31.2 Å². The molecule has 0 heterocycles. The molecule has 2 rings (SSSR count). The number of carbonyl (C=O) groups excluding carboxylic acids is 1. The van der Waals surface area contributed by atoms with Gasteiger partial charge < -0.3 is 5.32 Å². The van der Waals surface area contributed by atoms with Crippen LogP contribution in [0.5, 0.6) is 0 Å². The lowest BCUT2D eigenvalue weighted by molar-refractivity contribution is -0.116. The Morgan fingerprint density at radius 2 is 1.42 bits per heavy atom. The highest BCUT2D eigenvalue weighted by atomic mass is 16.1. The molecule has 0 fully saturated rings. The first-order valence-corrected chi connectivity index (χ1v) is 8.87. The van der Waals surface area contributed by atoms with Gasteiger partial charge in [-0.25, -0.2) is 0 Å². The van der Waals surface area contributed by atoms with Gasteiger partial charge in [-0.05, 0) is 42.9 Å². The number of carbonyl (C=O) groups is 1. The Kier molecular flexibility index (Phi) is 8.42. The summed E-state index contributed by atoms with van der Waals surface area (Å²) in [6.07, 6.45) is 10.7. The van der Waals surface area contributed by atoms with Gasteiger partial charge in [0.2, 0.25) is 5.91 Å². The number of nitrogens with one attached hydrogen (secondary N) is 1. The smallest absolute Gasteiger partial charge is 0.243 e. The Balaban J connectivity index is 1.47. The topological polar surface area (TPSA) is 29.1 Å². The van der Waals surface area contributed by atoms with Crippen molar-refractivity contribution in [2.45, 2.75) is 45.1 Å². The van der Waals surface area contributed by atoms with Gasteiger partial charge in [-0.15, -0.1) is 0 Å². The number of hydrogen-bond acceptors (Lipinski definition) is 1. The maximum Gasteiger partial charge on any atom is 0.243 e. The maximum atomic E-state index is 11.7. The van der Waals surface area contributed by atoms with Crippen LogP contribution in [0.3, 0.4) is 0 Å². The van der Waals surface area contributed by atoms with Crippen LogP contribution in [0.15, 0.2) is 72.8 Å². The average Bonchev–Trinajstić information content (AvgIpc) is 2.64. The van der Waals surface area contributed by atoms with Gasteiger partial charge in [-0.1, -0.05) is 79.6 Å². The minimum Gasteiger partial charge on any atom is -0.348 e. The van der Waals surface area contributed by atoms with Crippen LogP contribution in [-0.2, 0) is 17.8 Å². The van der Waals surface area contributed by atoms with E-state index in [4.69, 9.17) is 0 Å². The Morgan fingerprint density at radius 3 is 2.12 bits per heavy atom.